The second kappa shape index (κ2) is 5.45. The Bertz CT molecular complexity index is 507. The number of nitrogens with one attached hydrogen (secondary N) is 2. The summed E-state index contributed by atoms with van der Waals surface area (Å²) in [7, 11) is 0. The Balaban J connectivity index is 1.92. The molecule has 0 aliphatic carbocycles. The smallest absolute Gasteiger partial charge is 0.234 e. The van der Waals surface area contributed by atoms with E-state index < -0.39 is 0 Å². The SMILES string of the molecule is CCNCC(=O)NCc1ccc2ncoc2c1. The van der Waals surface area contributed by atoms with Crippen LogP contribution in [0.15, 0.2) is 29.0 Å². The number of carbonyl (C=O) groups excluding carboxylic acids is 1. The largest absolute Gasteiger partial charge is 0.443 e. The molecular weight excluding hydrogens is 218 g/mol. The fourth-order valence-electron chi connectivity index (χ4n) is 1.51. The summed E-state index contributed by atoms with van der Waals surface area (Å²) in [5, 5.41) is 5.80. The van der Waals surface area contributed by atoms with Gasteiger partial charge in [-0.15, -0.1) is 0 Å². The number of carbonyl (C=O) groups is 1. The summed E-state index contributed by atoms with van der Waals surface area (Å²) in [6, 6.07) is 5.69. The third-order valence-electron chi connectivity index (χ3n) is 2.42. The Labute approximate surface area is 99.2 Å². The van der Waals surface area contributed by atoms with Gasteiger partial charge < -0.3 is 15.1 Å². The Morgan fingerprint density at radius 2 is 2.35 bits per heavy atom. The van der Waals surface area contributed by atoms with E-state index in [0.717, 1.165) is 23.2 Å². The highest BCUT2D eigenvalue weighted by Gasteiger charge is 2.02. The number of hydrogen-bond donors (Lipinski definition) is 2. The standard InChI is InChI=1S/C12H15N3O2/c1-2-13-7-12(16)14-6-9-3-4-10-11(5-9)17-8-15-10/h3-5,8,13H,2,6-7H2,1H3,(H,14,16). The molecule has 0 radical (unpaired) electrons. The topological polar surface area (TPSA) is 67.2 Å². The molecule has 0 spiro atoms. The quantitative estimate of drug-likeness (QED) is 0.810. The van der Waals surface area contributed by atoms with Crippen molar-refractivity contribution in [1.29, 1.82) is 0 Å². The number of fused-ring (bicyclic) bond motifs is 1. The summed E-state index contributed by atoms with van der Waals surface area (Å²) in [4.78, 5) is 15.4. The van der Waals surface area contributed by atoms with E-state index in [4.69, 9.17) is 4.42 Å². The number of hydrogen-bond acceptors (Lipinski definition) is 4. The highest BCUT2D eigenvalue weighted by Crippen LogP contribution is 2.13. The zero-order chi connectivity index (χ0) is 12.1. The first kappa shape index (κ1) is 11.6. The zero-order valence-corrected chi connectivity index (χ0v) is 9.69. The van der Waals surface area contributed by atoms with Gasteiger partial charge in [-0.2, -0.15) is 0 Å². The summed E-state index contributed by atoms with van der Waals surface area (Å²) in [6.07, 6.45) is 1.41. The van der Waals surface area contributed by atoms with E-state index in [1.807, 2.05) is 25.1 Å². The zero-order valence-electron chi connectivity index (χ0n) is 9.69. The van der Waals surface area contributed by atoms with Crippen LogP contribution in [0, 0.1) is 0 Å². The summed E-state index contributed by atoms with van der Waals surface area (Å²) >= 11 is 0. The third-order valence-corrected chi connectivity index (χ3v) is 2.42. The maximum atomic E-state index is 11.4. The number of rotatable bonds is 5. The van der Waals surface area contributed by atoms with Crippen molar-refractivity contribution in [2.45, 2.75) is 13.5 Å². The number of oxazole rings is 1. The van der Waals surface area contributed by atoms with E-state index in [1.165, 1.54) is 6.39 Å². The lowest BCUT2D eigenvalue weighted by Gasteiger charge is -2.05. The van der Waals surface area contributed by atoms with E-state index in [-0.39, 0.29) is 5.91 Å². The molecule has 1 amide bonds. The summed E-state index contributed by atoms with van der Waals surface area (Å²) in [5.74, 6) is -0.00971. The van der Waals surface area contributed by atoms with Crippen LogP contribution in [0.25, 0.3) is 11.1 Å². The van der Waals surface area contributed by atoms with Crippen molar-refractivity contribution in [2.75, 3.05) is 13.1 Å². The molecule has 0 fully saturated rings. The lowest BCUT2D eigenvalue weighted by molar-refractivity contribution is -0.120. The lowest BCUT2D eigenvalue weighted by Crippen LogP contribution is -2.33. The molecule has 2 N–H and O–H groups in total. The van der Waals surface area contributed by atoms with Crippen LogP contribution in [-0.2, 0) is 11.3 Å². The van der Waals surface area contributed by atoms with Gasteiger partial charge in [0.25, 0.3) is 0 Å². The molecule has 2 rings (SSSR count). The fourth-order valence-corrected chi connectivity index (χ4v) is 1.51. The van der Waals surface area contributed by atoms with Crippen molar-refractivity contribution in [3.8, 4) is 0 Å². The van der Waals surface area contributed by atoms with Gasteiger partial charge in [-0.25, -0.2) is 4.98 Å². The van der Waals surface area contributed by atoms with Crippen molar-refractivity contribution in [3.63, 3.8) is 0 Å². The van der Waals surface area contributed by atoms with Crippen molar-refractivity contribution >= 4 is 17.0 Å². The molecular formula is C12H15N3O2. The second-order valence-electron chi connectivity index (χ2n) is 3.71. The molecule has 0 unspecified atom stereocenters. The van der Waals surface area contributed by atoms with Gasteiger partial charge in [-0.1, -0.05) is 13.0 Å². The van der Waals surface area contributed by atoms with Gasteiger partial charge in [0.15, 0.2) is 12.0 Å². The Hall–Kier alpha value is -1.88. The normalized spacial score (nSPS) is 10.6. The fraction of sp³-hybridized carbons (Fsp3) is 0.333. The molecule has 0 aliphatic rings. The van der Waals surface area contributed by atoms with Crippen molar-refractivity contribution in [2.24, 2.45) is 0 Å². The maximum Gasteiger partial charge on any atom is 0.234 e. The molecule has 1 heterocycles. The molecule has 1 aromatic carbocycles. The Morgan fingerprint density at radius 3 is 3.18 bits per heavy atom. The van der Waals surface area contributed by atoms with Gasteiger partial charge >= 0.3 is 0 Å². The van der Waals surface area contributed by atoms with Gasteiger partial charge in [0.1, 0.15) is 5.52 Å². The molecule has 90 valence electrons. The number of amides is 1. The van der Waals surface area contributed by atoms with Crippen molar-refractivity contribution in [1.82, 2.24) is 15.6 Å². The molecule has 0 atom stereocenters. The van der Waals surface area contributed by atoms with E-state index in [2.05, 4.69) is 15.6 Å². The summed E-state index contributed by atoms with van der Waals surface area (Å²) in [5.41, 5.74) is 2.57. The molecule has 0 bridgehead atoms. The predicted octanol–water partition coefficient (Wildman–Crippen LogP) is 1.05. The third kappa shape index (κ3) is 3.04. The minimum Gasteiger partial charge on any atom is -0.443 e. The number of aromatic nitrogens is 1. The van der Waals surface area contributed by atoms with E-state index in [1.54, 1.807) is 0 Å². The molecule has 0 aliphatic heterocycles. The van der Waals surface area contributed by atoms with Crippen LogP contribution in [0.2, 0.25) is 0 Å². The summed E-state index contributed by atoms with van der Waals surface area (Å²) < 4.78 is 5.19. The Kier molecular flexibility index (Phi) is 3.72. The average molecular weight is 233 g/mol. The van der Waals surface area contributed by atoms with Crippen molar-refractivity contribution in [3.05, 3.63) is 30.2 Å². The van der Waals surface area contributed by atoms with Crippen LogP contribution in [0.5, 0.6) is 0 Å². The van der Waals surface area contributed by atoms with Crippen molar-refractivity contribution < 1.29 is 9.21 Å². The first-order valence-electron chi connectivity index (χ1n) is 5.59. The van der Waals surface area contributed by atoms with Crippen LogP contribution < -0.4 is 10.6 Å². The number of nitrogens with zero attached hydrogens (tertiary/aromatic N) is 1. The molecule has 5 nitrogen and oxygen atoms in total. The second-order valence-corrected chi connectivity index (χ2v) is 3.71. The molecule has 2 aromatic rings. The highest BCUT2D eigenvalue weighted by atomic mass is 16.3. The van der Waals surface area contributed by atoms with Crippen LogP contribution in [0.3, 0.4) is 0 Å². The number of likely N-dealkylation sites (N-methyl/N-ethyl adjacent to an activating group) is 1. The molecule has 0 saturated heterocycles. The minimum absolute atomic E-state index is 0.00971. The first-order valence-corrected chi connectivity index (χ1v) is 5.59. The first-order chi connectivity index (χ1) is 8.29. The average Bonchev–Trinajstić information content (AvgIpc) is 2.81. The Morgan fingerprint density at radius 1 is 1.47 bits per heavy atom. The predicted molar refractivity (Wildman–Crippen MR) is 64.4 cm³/mol. The van der Waals surface area contributed by atoms with Gasteiger partial charge in [0, 0.05) is 6.54 Å². The number of benzene rings is 1. The minimum atomic E-state index is -0.00971. The van der Waals surface area contributed by atoms with E-state index in [0.29, 0.717) is 13.1 Å². The maximum absolute atomic E-state index is 11.4. The van der Waals surface area contributed by atoms with Gasteiger partial charge in [-0.05, 0) is 24.2 Å². The lowest BCUT2D eigenvalue weighted by atomic mass is 10.2. The highest BCUT2D eigenvalue weighted by molar-refractivity contribution is 5.78. The molecule has 0 saturated carbocycles. The van der Waals surface area contributed by atoms with E-state index >= 15 is 0 Å². The summed E-state index contributed by atoms with van der Waals surface area (Å²) in [6.45, 7) is 3.60. The van der Waals surface area contributed by atoms with Crippen LogP contribution >= 0.6 is 0 Å². The molecule has 17 heavy (non-hydrogen) atoms. The van der Waals surface area contributed by atoms with Crippen LogP contribution in [-0.4, -0.2) is 24.0 Å². The monoisotopic (exact) mass is 233 g/mol. The van der Waals surface area contributed by atoms with Gasteiger partial charge in [0.2, 0.25) is 5.91 Å². The van der Waals surface area contributed by atoms with E-state index in [9.17, 15) is 4.79 Å². The molecule has 1 aromatic heterocycles. The molecule has 5 heteroatoms. The van der Waals surface area contributed by atoms with Gasteiger partial charge in [-0.3, -0.25) is 4.79 Å². The van der Waals surface area contributed by atoms with Crippen LogP contribution in [0.4, 0.5) is 0 Å². The van der Waals surface area contributed by atoms with Gasteiger partial charge in [0.05, 0.1) is 6.54 Å². The van der Waals surface area contributed by atoms with Crippen LogP contribution in [0.1, 0.15) is 12.5 Å².